The molecule has 0 spiro atoms. The van der Waals surface area contributed by atoms with Gasteiger partial charge in [-0.1, -0.05) is 126 Å². The summed E-state index contributed by atoms with van der Waals surface area (Å²) in [4.78, 5) is 88.2. The van der Waals surface area contributed by atoms with Crippen LogP contribution in [0.4, 0.5) is 17.6 Å². The van der Waals surface area contributed by atoms with Crippen LogP contribution in [0.3, 0.4) is 0 Å². The van der Waals surface area contributed by atoms with Crippen LogP contribution in [0.15, 0.2) is 144 Å². The topological polar surface area (TPSA) is 494 Å². The smallest absolute Gasteiger partial charge is 0.403 e. The van der Waals surface area contributed by atoms with Crippen LogP contribution >= 0.6 is 77.7 Å². The van der Waals surface area contributed by atoms with Crippen molar-refractivity contribution in [3.8, 4) is 23.0 Å². The minimum atomic E-state index is -4.67. The van der Waals surface area contributed by atoms with Gasteiger partial charge in [0.2, 0.25) is 23.4 Å². The number of para-hydroxylation sites is 4. The van der Waals surface area contributed by atoms with Crippen LogP contribution in [0.5, 0.6) is 23.0 Å². The Bertz CT molecular complexity index is 6180. The normalized spacial score (nSPS) is 33.6. The molecule has 0 radical (unpaired) electrons. The molecule has 12 heterocycles. The number of aliphatic hydroxyl groups excluding tert-OH is 4. The molecular weight excluding hydrogens is 1780 g/mol. The van der Waals surface area contributed by atoms with E-state index in [-0.39, 0.29) is 48.8 Å². The van der Waals surface area contributed by atoms with E-state index in [4.69, 9.17) is 128 Å². The second kappa shape index (κ2) is 35.0. The third kappa shape index (κ3) is 20.0. The summed E-state index contributed by atoms with van der Waals surface area (Å²) in [6.45, 7) is 0.775. The Balaban J connectivity index is 0.000000144. The first-order valence-corrected chi connectivity index (χ1v) is 42.2. The maximum Gasteiger partial charge on any atom is 0.530 e. The largest absolute Gasteiger partial charge is 0.530 e. The maximum absolute atomic E-state index is 15.8. The Morgan fingerprint density at radius 3 is 1.18 bits per heavy atom. The van der Waals surface area contributed by atoms with Crippen molar-refractivity contribution in [3.63, 3.8) is 0 Å². The van der Waals surface area contributed by atoms with E-state index in [2.05, 4.69) is 11.9 Å². The molecule has 7 aromatic rings. The van der Waals surface area contributed by atoms with E-state index in [0.717, 1.165) is 34.3 Å². The number of halogens is 8. The molecule has 9 aliphatic heterocycles. The predicted molar refractivity (Wildman–Crippen MR) is 406 cm³/mol. The molecule has 16 rings (SSSR count). The number of fused-ring (bicyclic) bond motifs is 4. The summed E-state index contributed by atoms with van der Waals surface area (Å²) in [5.41, 5.74) is -0.931. The Morgan fingerprint density at radius 2 is 0.783 bits per heavy atom. The third-order valence-electron chi connectivity index (χ3n) is 18.1. The number of hydrogen-bond donors (Lipinski definition) is 8. The van der Waals surface area contributed by atoms with E-state index < -0.39 is 211 Å². The van der Waals surface area contributed by atoms with Crippen molar-refractivity contribution in [2.45, 2.75) is 153 Å². The number of benzene rings is 4. The molecular formula is C69H70Cl4F4N8O31P4. The number of amides is 1. The van der Waals surface area contributed by atoms with Gasteiger partial charge < -0.3 is 67.7 Å². The van der Waals surface area contributed by atoms with Gasteiger partial charge in [-0.15, -0.1) is 0 Å². The highest BCUT2D eigenvalue weighted by Gasteiger charge is 2.56. The van der Waals surface area contributed by atoms with Gasteiger partial charge >= 0.3 is 48.4 Å². The van der Waals surface area contributed by atoms with Gasteiger partial charge in [-0.05, 0) is 49.9 Å². The summed E-state index contributed by atoms with van der Waals surface area (Å²) in [5.74, 6) is -12.4. The molecule has 3 aromatic heterocycles. The van der Waals surface area contributed by atoms with Crippen LogP contribution in [-0.2, 0) is 105 Å². The molecule has 8 N–H and O–H groups in total. The number of phosphoric ester groups is 4. The van der Waals surface area contributed by atoms with Crippen molar-refractivity contribution in [1.82, 2.24) is 38.9 Å². The molecule has 1 amide bonds. The van der Waals surface area contributed by atoms with Gasteiger partial charge in [-0.25, -0.2) is 50.2 Å². The minimum Gasteiger partial charge on any atom is -0.403 e. The SMILES string of the molecule is Cc1cccc2c1OP(=O)(OC[C@]1(F)C[C@@H](O)[C@H](n3cc(Cl)c(=O)[nH]c3=O)O1)OC2.[2H]C([2H])(OP1(=O)OCc2cccc(C)c2O1)[C@]1(F)C[C@@H](O)[C@H](n2cc(Cl)c(=O)[nH]c2=O)O1.[2H]C([2H])(OP1(=O)OCc2cccc(C)c2O1)[C@]1(F)C[C@@H](O)[C@]([2H])(N2C=C(Cl)C(=O)NC2=C)O1.[2H][C@@]1(n2cc(Cl)c(=O)[nH]c2=O)O[C@](F)(COP2(=O)OCc3cccc(C)c3O2)C[C@H]1O. The molecule has 4 aromatic carbocycles. The Labute approximate surface area is 700 Å². The second-order valence-corrected chi connectivity index (χ2v) is 35.0. The highest BCUT2D eigenvalue weighted by Crippen LogP contribution is 2.61. The van der Waals surface area contributed by atoms with Crippen molar-refractivity contribution in [2.24, 2.45) is 0 Å². The van der Waals surface area contributed by atoms with Crippen LogP contribution < -0.4 is 57.2 Å². The number of aryl methyl sites for hydroxylation is 4. The van der Waals surface area contributed by atoms with Gasteiger partial charge in [-0.2, -0.15) is 0 Å². The van der Waals surface area contributed by atoms with E-state index in [0.29, 0.717) is 65.1 Å². The minimum absolute atomic E-state index is 0.0506. The van der Waals surface area contributed by atoms with Gasteiger partial charge in [-0.3, -0.25) is 84.0 Å². The molecule has 0 bridgehead atoms. The summed E-state index contributed by atoms with van der Waals surface area (Å²) in [6, 6.07) is 20.5. The fourth-order valence-corrected chi connectivity index (χ4v) is 17.9. The first-order valence-electron chi connectivity index (χ1n) is 37.8. The summed E-state index contributed by atoms with van der Waals surface area (Å²) in [7, 11) is -17.7. The fraction of sp³-hybridized carbons (Fsp3) is 0.406. The molecule has 648 valence electrons. The van der Waals surface area contributed by atoms with Crippen molar-refractivity contribution < 1.29 is 142 Å². The van der Waals surface area contributed by atoms with E-state index in [1.54, 1.807) is 100 Å². The molecule has 0 saturated carbocycles. The lowest BCUT2D eigenvalue weighted by molar-refractivity contribution is -0.184. The monoisotopic (exact) mass is 1850 g/mol. The summed E-state index contributed by atoms with van der Waals surface area (Å²) in [5, 5.41) is 41.6. The zero-order valence-electron chi connectivity index (χ0n) is 67.9. The quantitative estimate of drug-likeness (QED) is 0.0330. The number of aliphatic hydroxyl groups is 4. The Morgan fingerprint density at radius 1 is 0.475 bits per heavy atom. The van der Waals surface area contributed by atoms with Gasteiger partial charge in [0, 0.05) is 72.7 Å². The number of carbonyl (C=O) groups is 1. The highest BCUT2D eigenvalue weighted by molar-refractivity contribution is 7.49. The molecule has 4 unspecified atom stereocenters. The molecule has 4 saturated heterocycles. The number of carbonyl (C=O) groups excluding carboxylic acids is 1. The van der Waals surface area contributed by atoms with Crippen LogP contribution in [-0.4, -0.2) is 140 Å². The molecule has 4 fully saturated rings. The van der Waals surface area contributed by atoms with Crippen molar-refractivity contribution in [1.29, 1.82) is 0 Å². The zero-order chi connectivity index (χ0) is 92.2. The number of H-pyrrole nitrogens is 3. The van der Waals surface area contributed by atoms with Crippen molar-refractivity contribution in [3.05, 3.63) is 237 Å². The van der Waals surface area contributed by atoms with E-state index >= 15 is 17.6 Å². The first kappa shape index (κ1) is 81.7. The first-order chi connectivity index (χ1) is 58.6. The highest BCUT2D eigenvalue weighted by atomic mass is 35.5. The molecule has 16 atom stereocenters. The number of aromatic nitrogens is 6. The lowest BCUT2D eigenvalue weighted by Crippen LogP contribution is -2.46. The van der Waals surface area contributed by atoms with E-state index in [1.165, 1.54) is 0 Å². The Kier molecular flexibility index (Phi) is 23.8. The summed E-state index contributed by atoms with van der Waals surface area (Å²) >= 11 is 22.8. The van der Waals surface area contributed by atoms with Gasteiger partial charge in [0.25, 0.3) is 22.6 Å². The predicted octanol–water partition coefficient (Wildman–Crippen LogP) is 9.32. The zero-order valence-corrected chi connectivity index (χ0v) is 68.5. The van der Waals surface area contributed by atoms with Gasteiger partial charge in [0.05, 0.1) is 34.7 Å². The maximum atomic E-state index is 15.8. The van der Waals surface area contributed by atoms with Crippen LogP contribution in [0.1, 0.15) is 97.1 Å². The standard InChI is InChI=1S/C18H19ClFN2O7P.3C17H17ClFN2O8P/c1-10-4-3-5-12-8-26-30(25,29-15(10)12)27-9-18(20)6-14(23)17(28-18)22-7-13(19)16(24)21-11(22)2;3*1-9-3-2-4-10-7-26-30(25,29-13(9)10)27-8-17(19)5-12(22)15(28-17)21-6-11(18)14(23)20-16(21)24/h3-5,7,14,17,23H,2,6,8-9H2,1H3,(H,21,24);3*2-4,6,12,15,22H,5,7-8H2,1H3,(H,20,23,24)/t14-,17-,18+,30?;3*12-,15-,17+,30?/m1111/s1/i9D2,17D;15D;8D2;. The fourth-order valence-electron chi connectivity index (χ4n) is 12.3. The van der Waals surface area contributed by atoms with Gasteiger partial charge in [0.15, 0.2) is 24.9 Å². The number of hydrogen-bond acceptors (Lipinski definition) is 32. The number of phosphoric acid groups is 4. The number of aromatic amines is 3. The molecule has 9 aliphatic rings. The number of rotatable bonds is 16. The van der Waals surface area contributed by atoms with E-state index in [1.807, 2.05) is 15.0 Å². The summed E-state index contributed by atoms with van der Waals surface area (Å²) < 4.78 is 246. The second-order valence-electron chi connectivity index (χ2n) is 27.2. The number of ether oxygens (including phenoxy) is 4. The lowest BCUT2D eigenvalue weighted by atomic mass is 10.1. The Hall–Kier alpha value is -7.97. The van der Waals surface area contributed by atoms with Crippen LogP contribution in [0.25, 0.3) is 0 Å². The van der Waals surface area contributed by atoms with E-state index in [9.17, 15) is 72.2 Å². The molecule has 120 heavy (non-hydrogen) atoms. The van der Waals surface area contributed by atoms with Crippen LogP contribution in [0.2, 0.25) is 15.1 Å². The lowest BCUT2D eigenvalue weighted by Gasteiger charge is -2.33. The molecule has 39 nitrogen and oxygen atoms in total. The van der Waals surface area contributed by atoms with Crippen molar-refractivity contribution in [2.75, 3.05) is 26.3 Å². The van der Waals surface area contributed by atoms with Crippen LogP contribution in [0, 0.1) is 27.7 Å². The van der Waals surface area contributed by atoms with Crippen molar-refractivity contribution >= 4 is 83.6 Å². The van der Waals surface area contributed by atoms with Gasteiger partial charge in [0.1, 0.15) is 99.7 Å². The third-order valence-corrected chi connectivity index (χ3v) is 24.1. The average molecular weight is 1860 g/mol. The molecule has 0 aliphatic carbocycles. The number of nitrogens with one attached hydrogen (secondary N) is 4. The number of nitrogens with zero attached hydrogens (tertiary/aromatic N) is 4. The summed E-state index contributed by atoms with van der Waals surface area (Å²) in [6.07, 6.45) is -15.9. The molecule has 51 heteroatoms. The number of alkyl halides is 4. The average Bonchev–Trinajstić information content (AvgIpc) is 1.57.